The monoisotopic (exact) mass is 310 g/mol. The highest BCUT2D eigenvalue weighted by Gasteiger charge is 2.35. The summed E-state index contributed by atoms with van der Waals surface area (Å²) in [5.74, 6) is 0.0776. The number of nitrogens with zero attached hydrogens (tertiary/aromatic N) is 2. The number of rotatable bonds is 5. The van der Waals surface area contributed by atoms with Crippen molar-refractivity contribution in [3.8, 4) is 0 Å². The number of aryl methyl sites for hydroxylation is 2. The highest BCUT2D eigenvalue weighted by molar-refractivity contribution is 7.14. The minimum atomic E-state index is -0.393. The van der Waals surface area contributed by atoms with Crippen LogP contribution in [0.2, 0.25) is 0 Å². The Morgan fingerprint density at radius 2 is 2.24 bits per heavy atom. The highest BCUT2D eigenvalue weighted by atomic mass is 32.1. The average Bonchev–Trinajstić information content (AvgIpc) is 2.93. The number of amides is 1. The van der Waals surface area contributed by atoms with Crippen LogP contribution in [0, 0.1) is 6.92 Å². The van der Waals surface area contributed by atoms with Crippen LogP contribution in [0.25, 0.3) is 0 Å². The molecule has 2 rings (SSSR count). The first-order valence-electron chi connectivity index (χ1n) is 7.65. The van der Waals surface area contributed by atoms with E-state index in [-0.39, 0.29) is 11.9 Å². The molecule has 0 spiro atoms. The molecule has 0 saturated carbocycles. The Labute approximate surface area is 131 Å². The van der Waals surface area contributed by atoms with Crippen molar-refractivity contribution in [3.05, 3.63) is 21.4 Å². The van der Waals surface area contributed by atoms with Gasteiger partial charge in [-0.25, -0.2) is 0 Å². The third-order valence-corrected chi connectivity index (χ3v) is 5.06. The van der Waals surface area contributed by atoms with Gasteiger partial charge in [-0.05, 0) is 45.5 Å². The van der Waals surface area contributed by atoms with E-state index in [9.17, 15) is 9.90 Å². The van der Waals surface area contributed by atoms with Gasteiger partial charge < -0.3 is 14.9 Å². The van der Waals surface area contributed by atoms with Crippen LogP contribution in [0.5, 0.6) is 0 Å². The number of aliphatic hydroxyl groups is 1. The first-order valence-corrected chi connectivity index (χ1v) is 8.47. The molecule has 0 aliphatic carbocycles. The Kier molecular flexibility index (Phi) is 5.41. The molecule has 0 aromatic carbocycles. The van der Waals surface area contributed by atoms with Gasteiger partial charge in [0.15, 0.2) is 0 Å². The Balaban J connectivity index is 2.15. The second-order valence-electron chi connectivity index (χ2n) is 6.21. The number of hydrogen-bond donors (Lipinski definition) is 1. The molecule has 21 heavy (non-hydrogen) atoms. The highest BCUT2D eigenvalue weighted by Crippen LogP contribution is 2.27. The lowest BCUT2D eigenvalue weighted by molar-refractivity contribution is 0.0704. The molecule has 4 nitrogen and oxygen atoms in total. The van der Waals surface area contributed by atoms with Crippen LogP contribution in [-0.2, 0) is 6.42 Å². The van der Waals surface area contributed by atoms with Gasteiger partial charge in [0, 0.05) is 24.0 Å². The predicted molar refractivity (Wildman–Crippen MR) is 87.1 cm³/mol. The van der Waals surface area contributed by atoms with Crippen molar-refractivity contribution in [2.24, 2.45) is 0 Å². The zero-order chi connectivity index (χ0) is 15.6. The molecule has 1 N–H and O–H groups in total. The van der Waals surface area contributed by atoms with E-state index in [1.807, 2.05) is 25.1 Å². The van der Waals surface area contributed by atoms with Crippen LogP contribution in [0.1, 0.15) is 39.9 Å². The maximum atomic E-state index is 12.8. The zero-order valence-corrected chi connectivity index (χ0v) is 14.2. The number of β-amino-alcohol motifs (C(OH)–C–C–N with tert-alkyl or cyclic N) is 1. The van der Waals surface area contributed by atoms with Crippen LogP contribution >= 0.6 is 11.3 Å². The molecule has 1 aromatic heterocycles. The average molecular weight is 310 g/mol. The molecule has 1 aromatic rings. The van der Waals surface area contributed by atoms with Crippen LogP contribution in [0.3, 0.4) is 0 Å². The molecule has 2 unspecified atom stereocenters. The molecule has 1 aliphatic heterocycles. The van der Waals surface area contributed by atoms with E-state index in [1.165, 1.54) is 10.4 Å². The fourth-order valence-electron chi connectivity index (χ4n) is 3.02. The molecule has 0 radical (unpaired) electrons. The van der Waals surface area contributed by atoms with Crippen molar-refractivity contribution >= 4 is 17.2 Å². The normalized spacial score (nSPS) is 22.3. The molecule has 0 bridgehead atoms. The van der Waals surface area contributed by atoms with Crippen LogP contribution in [-0.4, -0.2) is 60.1 Å². The van der Waals surface area contributed by atoms with Gasteiger partial charge in [-0.1, -0.05) is 13.3 Å². The van der Waals surface area contributed by atoms with Gasteiger partial charge in [0.05, 0.1) is 11.0 Å². The number of carbonyl (C=O) groups excluding carboxylic acids is 1. The fourth-order valence-corrected chi connectivity index (χ4v) is 4.05. The SMILES string of the molecule is CCCc1cc(C(=O)N2CC(O)CC2CN(C)C)sc1C. The standard InChI is InChI=1S/C16H26N2O2S/c1-5-6-12-7-15(21-11(12)2)16(20)18-10-14(19)8-13(18)9-17(3)4/h7,13-14,19H,5-6,8-10H2,1-4H3. The van der Waals surface area contributed by atoms with Gasteiger partial charge in [-0.15, -0.1) is 11.3 Å². The van der Waals surface area contributed by atoms with Crippen molar-refractivity contribution in [1.82, 2.24) is 9.80 Å². The van der Waals surface area contributed by atoms with E-state index in [1.54, 1.807) is 11.3 Å². The quantitative estimate of drug-likeness (QED) is 0.906. The Morgan fingerprint density at radius 1 is 1.52 bits per heavy atom. The van der Waals surface area contributed by atoms with Gasteiger partial charge in [0.2, 0.25) is 0 Å². The molecule has 1 saturated heterocycles. The van der Waals surface area contributed by atoms with Crippen molar-refractivity contribution < 1.29 is 9.90 Å². The third kappa shape index (κ3) is 3.84. The fraction of sp³-hybridized carbons (Fsp3) is 0.688. The summed E-state index contributed by atoms with van der Waals surface area (Å²) in [7, 11) is 4.00. The molecule has 5 heteroatoms. The van der Waals surface area contributed by atoms with E-state index in [4.69, 9.17) is 0 Å². The summed E-state index contributed by atoms with van der Waals surface area (Å²) in [6.07, 6.45) is 2.40. The minimum absolute atomic E-state index is 0.0776. The summed E-state index contributed by atoms with van der Waals surface area (Å²) >= 11 is 1.58. The predicted octanol–water partition coefficient (Wildman–Crippen LogP) is 2.15. The van der Waals surface area contributed by atoms with Crippen molar-refractivity contribution in [1.29, 1.82) is 0 Å². The third-order valence-electron chi connectivity index (χ3n) is 3.98. The summed E-state index contributed by atoms with van der Waals surface area (Å²) < 4.78 is 0. The molecule has 2 heterocycles. The maximum Gasteiger partial charge on any atom is 0.264 e. The topological polar surface area (TPSA) is 43.8 Å². The Hall–Kier alpha value is -0.910. The number of likely N-dealkylation sites (tertiary alicyclic amines) is 1. The molecule has 118 valence electrons. The Bertz CT molecular complexity index is 498. The summed E-state index contributed by atoms with van der Waals surface area (Å²) in [6.45, 7) is 5.50. The van der Waals surface area contributed by atoms with Crippen LogP contribution in [0.4, 0.5) is 0 Å². The van der Waals surface area contributed by atoms with Crippen molar-refractivity contribution in [2.75, 3.05) is 27.2 Å². The Morgan fingerprint density at radius 3 is 2.86 bits per heavy atom. The molecule has 1 amide bonds. The minimum Gasteiger partial charge on any atom is -0.391 e. The van der Waals surface area contributed by atoms with E-state index in [0.29, 0.717) is 13.0 Å². The lowest BCUT2D eigenvalue weighted by atomic mass is 10.1. The first-order chi connectivity index (χ1) is 9.92. The van der Waals surface area contributed by atoms with Gasteiger partial charge in [0.25, 0.3) is 5.91 Å². The number of hydrogen-bond acceptors (Lipinski definition) is 4. The maximum absolute atomic E-state index is 12.8. The lowest BCUT2D eigenvalue weighted by Gasteiger charge is -2.26. The van der Waals surface area contributed by atoms with Gasteiger partial charge >= 0.3 is 0 Å². The van der Waals surface area contributed by atoms with E-state index >= 15 is 0 Å². The summed E-state index contributed by atoms with van der Waals surface area (Å²) in [6, 6.07) is 2.16. The molecular formula is C16H26N2O2S. The molecule has 2 atom stereocenters. The molecule has 1 aliphatic rings. The van der Waals surface area contributed by atoms with Gasteiger partial charge in [0.1, 0.15) is 0 Å². The smallest absolute Gasteiger partial charge is 0.264 e. The van der Waals surface area contributed by atoms with Crippen LogP contribution < -0.4 is 0 Å². The largest absolute Gasteiger partial charge is 0.391 e. The number of carbonyl (C=O) groups is 1. The zero-order valence-electron chi connectivity index (χ0n) is 13.4. The summed E-state index contributed by atoms with van der Waals surface area (Å²) in [5, 5.41) is 9.91. The molecule has 1 fully saturated rings. The second-order valence-corrected chi connectivity index (χ2v) is 7.46. The summed E-state index contributed by atoms with van der Waals surface area (Å²) in [5.41, 5.74) is 1.29. The van der Waals surface area contributed by atoms with Crippen molar-refractivity contribution in [3.63, 3.8) is 0 Å². The molecular weight excluding hydrogens is 284 g/mol. The van der Waals surface area contributed by atoms with E-state index < -0.39 is 6.10 Å². The van der Waals surface area contributed by atoms with E-state index in [2.05, 4.69) is 18.7 Å². The number of thiophene rings is 1. The van der Waals surface area contributed by atoms with E-state index in [0.717, 1.165) is 24.3 Å². The second kappa shape index (κ2) is 6.90. The van der Waals surface area contributed by atoms with Crippen molar-refractivity contribution in [2.45, 2.75) is 45.3 Å². The van der Waals surface area contributed by atoms with Crippen LogP contribution in [0.15, 0.2) is 6.07 Å². The number of likely N-dealkylation sites (N-methyl/N-ethyl adjacent to an activating group) is 1. The number of aliphatic hydroxyl groups excluding tert-OH is 1. The summed E-state index contributed by atoms with van der Waals surface area (Å²) in [4.78, 5) is 18.7. The van der Waals surface area contributed by atoms with Gasteiger partial charge in [-0.3, -0.25) is 4.79 Å². The first kappa shape index (κ1) is 16.5. The lowest BCUT2D eigenvalue weighted by Crippen LogP contribution is -2.41. The van der Waals surface area contributed by atoms with Gasteiger partial charge in [-0.2, -0.15) is 0 Å².